The van der Waals surface area contributed by atoms with Crippen molar-refractivity contribution >= 4 is 10.9 Å². The predicted octanol–water partition coefficient (Wildman–Crippen LogP) is 2.05. The van der Waals surface area contributed by atoms with Crippen LogP contribution in [0.15, 0.2) is 0 Å². The van der Waals surface area contributed by atoms with Gasteiger partial charge in [-0.15, -0.1) is 0 Å². The van der Waals surface area contributed by atoms with Gasteiger partial charge in [0.2, 0.25) is 0 Å². The fourth-order valence-electron chi connectivity index (χ4n) is 0.544. The van der Waals surface area contributed by atoms with E-state index >= 15 is 0 Å². The molecule has 0 spiro atoms. The van der Waals surface area contributed by atoms with Crippen LogP contribution in [0.4, 0.5) is 0 Å². The van der Waals surface area contributed by atoms with Crippen molar-refractivity contribution in [1.29, 1.82) is 0 Å². The minimum atomic E-state index is 0.627. The van der Waals surface area contributed by atoms with Crippen molar-refractivity contribution in [3.8, 4) is 0 Å². The van der Waals surface area contributed by atoms with Crippen LogP contribution in [0.25, 0.3) is 0 Å². The van der Waals surface area contributed by atoms with Gasteiger partial charge in [-0.3, -0.25) is 0 Å². The van der Waals surface area contributed by atoms with Crippen molar-refractivity contribution < 1.29 is 0 Å². The SMILES string of the molecule is CC(C)[S+](C)C(C)C. The molecular weight excluding hydrogens is 116 g/mol. The summed E-state index contributed by atoms with van der Waals surface area (Å²) in [6.45, 7) is 9.18. The second kappa shape index (κ2) is 3.39. The number of hydrogen-bond donors (Lipinski definition) is 0. The summed E-state index contributed by atoms with van der Waals surface area (Å²) in [7, 11) is 0.627. The monoisotopic (exact) mass is 133 g/mol. The van der Waals surface area contributed by atoms with Gasteiger partial charge in [0.15, 0.2) is 0 Å². The van der Waals surface area contributed by atoms with Gasteiger partial charge in [-0.2, -0.15) is 0 Å². The number of rotatable bonds is 2. The molecule has 0 unspecified atom stereocenters. The molecule has 0 aromatic heterocycles. The van der Waals surface area contributed by atoms with Gasteiger partial charge >= 0.3 is 0 Å². The fraction of sp³-hybridized carbons (Fsp3) is 1.00. The molecule has 0 aliphatic rings. The molecule has 0 aliphatic heterocycles. The summed E-state index contributed by atoms with van der Waals surface area (Å²) in [4.78, 5) is 0. The topological polar surface area (TPSA) is 0 Å². The first-order valence-corrected chi connectivity index (χ1v) is 4.95. The van der Waals surface area contributed by atoms with Crippen LogP contribution in [0, 0.1) is 0 Å². The van der Waals surface area contributed by atoms with Crippen LogP contribution in [-0.2, 0) is 10.9 Å². The average molecular weight is 133 g/mol. The van der Waals surface area contributed by atoms with Crippen molar-refractivity contribution in [2.45, 2.75) is 38.2 Å². The third-order valence-electron chi connectivity index (χ3n) is 1.49. The second-order valence-corrected chi connectivity index (χ2v) is 5.81. The van der Waals surface area contributed by atoms with Gasteiger partial charge in [0.1, 0.15) is 10.5 Å². The van der Waals surface area contributed by atoms with Gasteiger partial charge in [-0.05, 0) is 38.6 Å². The first kappa shape index (κ1) is 8.35. The van der Waals surface area contributed by atoms with Gasteiger partial charge in [0.25, 0.3) is 0 Å². The molecule has 1 heteroatoms. The van der Waals surface area contributed by atoms with Crippen LogP contribution < -0.4 is 0 Å². The van der Waals surface area contributed by atoms with Crippen LogP contribution in [0.1, 0.15) is 27.7 Å². The highest BCUT2D eigenvalue weighted by atomic mass is 32.2. The van der Waals surface area contributed by atoms with Crippen molar-refractivity contribution in [3.05, 3.63) is 0 Å². The lowest BCUT2D eigenvalue weighted by molar-refractivity contribution is 1.03. The Hall–Kier alpha value is 0.350. The maximum absolute atomic E-state index is 2.34. The molecule has 0 bridgehead atoms. The lowest BCUT2D eigenvalue weighted by Gasteiger charge is -2.09. The van der Waals surface area contributed by atoms with Gasteiger partial charge < -0.3 is 0 Å². The standard InChI is InChI=1S/C7H17S/c1-6(2)8(5)7(3)4/h6-7H,1-5H3/q+1. The van der Waals surface area contributed by atoms with Crippen molar-refractivity contribution in [1.82, 2.24) is 0 Å². The Morgan fingerprint density at radius 3 is 1.12 bits per heavy atom. The van der Waals surface area contributed by atoms with E-state index in [0.717, 1.165) is 10.5 Å². The second-order valence-electron chi connectivity index (χ2n) is 2.70. The van der Waals surface area contributed by atoms with E-state index in [1.165, 1.54) is 0 Å². The zero-order valence-electron chi connectivity index (χ0n) is 6.56. The Labute approximate surface area is 56.0 Å². The summed E-state index contributed by atoms with van der Waals surface area (Å²) in [5.41, 5.74) is 0. The maximum Gasteiger partial charge on any atom is 0.112 e. The molecule has 0 rings (SSSR count). The Morgan fingerprint density at radius 2 is 1.12 bits per heavy atom. The highest BCUT2D eigenvalue weighted by Crippen LogP contribution is 2.07. The van der Waals surface area contributed by atoms with E-state index in [9.17, 15) is 0 Å². The maximum atomic E-state index is 2.34. The van der Waals surface area contributed by atoms with E-state index in [4.69, 9.17) is 0 Å². The molecule has 0 saturated heterocycles. The minimum absolute atomic E-state index is 0.627. The summed E-state index contributed by atoms with van der Waals surface area (Å²) >= 11 is 0. The van der Waals surface area contributed by atoms with E-state index in [-0.39, 0.29) is 0 Å². The quantitative estimate of drug-likeness (QED) is 0.506. The fourth-order valence-corrected chi connectivity index (χ4v) is 1.63. The van der Waals surface area contributed by atoms with Gasteiger partial charge in [0, 0.05) is 0 Å². The highest BCUT2D eigenvalue weighted by molar-refractivity contribution is 7.97. The highest BCUT2D eigenvalue weighted by Gasteiger charge is 2.19. The molecule has 0 radical (unpaired) electrons. The van der Waals surface area contributed by atoms with Crippen LogP contribution in [0.2, 0.25) is 0 Å². The molecule has 0 heterocycles. The Morgan fingerprint density at radius 1 is 0.875 bits per heavy atom. The summed E-state index contributed by atoms with van der Waals surface area (Å²) in [5, 5.41) is 1.74. The molecule has 50 valence electrons. The first-order valence-electron chi connectivity index (χ1n) is 3.19. The molecule has 0 nitrogen and oxygen atoms in total. The summed E-state index contributed by atoms with van der Waals surface area (Å²) in [6.07, 6.45) is 2.34. The molecule has 0 aromatic carbocycles. The third kappa shape index (κ3) is 2.61. The molecule has 0 N–H and O–H groups in total. The van der Waals surface area contributed by atoms with Crippen molar-refractivity contribution in [2.24, 2.45) is 0 Å². The van der Waals surface area contributed by atoms with E-state index in [1.54, 1.807) is 0 Å². The zero-order chi connectivity index (χ0) is 6.73. The van der Waals surface area contributed by atoms with Crippen LogP contribution in [0.5, 0.6) is 0 Å². The minimum Gasteiger partial charge on any atom is -0.0172 e. The van der Waals surface area contributed by atoms with Gasteiger partial charge in [-0.1, -0.05) is 0 Å². The molecule has 8 heavy (non-hydrogen) atoms. The molecule has 0 atom stereocenters. The van der Waals surface area contributed by atoms with E-state index in [2.05, 4.69) is 34.0 Å². The Kier molecular flexibility index (Phi) is 3.54. The smallest absolute Gasteiger partial charge is 0.0172 e. The summed E-state index contributed by atoms with van der Waals surface area (Å²) in [5.74, 6) is 0. The molecule has 0 fully saturated rings. The van der Waals surface area contributed by atoms with E-state index in [1.807, 2.05) is 0 Å². The van der Waals surface area contributed by atoms with Crippen molar-refractivity contribution in [3.63, 3.8) is 0 Å². The molecule has 0 aromatic rings. The molecule has 0 aliphatic carbocycles. The van der Waals surface area contributed by atoms with Crippen molar-refractivity contribution in [2.75, 3.05) is 6.26 Å². The predicted molar refractivity (Wildman–Crippen MR) is 43.6 cm³/mol. The molecule has 0 saturated carbocycles. The van der Waals surface area contributed by atoms with Crippen LogP contribution in [-0.4, -0.2) is 16.8 Å². The first-order chi connectivity index (χ1) is 3.55. The third-order valence-corrected chi connectivity index (χ3v) is 4.46. The van der Waals surface area contributed by atoms with Gasteiger partial charge in [0.05, 0.1) is 6.26 Å². The van der Waals surface area contributed by atoms with E-state index in [0.29, 0.717) is 10.9 Å². The average Bonchev–Trinajstić information content (AvgIpc) is 1.64. The Bertz CT molecular complexity index is 49.4. The molecular formula is C7H17S+. The number of hydrogen-bond acceptors (Lipinski definition) is 0. The lowest BCUT2D eigenvalue weighted by Crippen LogP contribution is -2.22. The Balaban J connectivity index is 3.46. The summed E-state index contributed by atoms with van der Waals surface area (Å²) in [6, 6.07) is 0. The largest absolute Gasteiger partial charge is 0.112 e. The van der Waals surface area contributed by atoms with Crippen LogP contribution in [0.3, 0.4) is 0 Å². The summed E-state index contributed by atoms with van der Waals surface area (Å²) < 4.78 is 0. The molecule has 0 amide bonds. The lowest BCUT2D eigenvalue weighted by atomic mass is 10.5. The normalized spacial score (nSPS) is 12.0. The van der Waals surface area contributed by atoms with Gasteiger partial charge in [-0.25, -0.2) is 0 Å². The zero-order valence-corrected chi connectivity index (χ0v) is 7.38. The van der Waals surface area contributed by atoms with E-state index < -0.39 is 0 Å². The van der Waals surface area contributed by atoms with Crippen LogP contribution >= 0.6 is 0 Å².